The van der Waals surface area contributed by atoms with E-state index in [0.717, 1.165) is 64.7 Å². The molecule has 0 amide bonds. The lowest BCUT2D eigenvalue weighted by atomic mass is 9.83. The van der Waals surface area contributed by atoms with E-state index in [0.29, 0.717) is 11.5 Å². The topological polar surface area (TPSA) is 52.1 Å². The van der Waals surface area contributed by atoms with Gasteiger partial charge >= 0.3 is 0 Å². The first kappa shape index (κ1) is 24.0. The van der Waals surface area contributed by atoms with Crippen molar-refractivity contribution < 1.29 is 4.74 Å². The van der Waals surface area contributed by atoms with Gasteiger partial charge in [-0.3, -0.25) is 9.89 Å². The van der Waals surface area contributed by atoms with Gasteiger partial charge in [-0.1, -0.05) is 43.2 Å². The molecule has 2 N–H and O–H groups in total. The molecule has 1 saturated carbocycles. The van der Waals surface area contributed by atoms with Crippen molar-refractivity contribution in [2.24, 2.45) is 10.4 Å². The number of guanidine groups is 1. The molecular formula is C25H43N5O. The predicted octanol–water partition coefficient (Wildman–Crippen LogP) is 3.13. The van der Waals surface area contributed by atoms with Crippen LogP contribution >= 0.6 is 0 Å². The van der Waals surface area contributed by atoms with E-state index in [1.54, 1.807) is 7.11 Å². The van der Waals surface area contributed by atoms with E-state index >= 15 is 0 Å². The van der Waals surface area contributed by atoms with Crippen LogP contribution in [-0.4, -0.2) is 82.8 Å². The van der Waals surface area contributed by atoms with Crippen LogP contribution in [-0.2, 0) is 4.74 Å². The monoisotopic (exact) mass is 429 g/mol. The van der Waals surface area contributed by atoms with Crippen LogP contribution in [0.25, 0.3) is 0 Å². The first-order valence-electron chi connectivity index (χ1n) is 12.1. The zero-order chi connectivity index (χ0) is 21.9. The number of benzene rings is 1. The molecule has 6 heteroatoms. The Morgan fingerprint density at radius 2 is 1.94 bits per heavy atom. The number of nitrogens with zero attached hydrogens (tertiary/aromatic N) is 3. The predicted molar refractivity (Wildman–Crippen MR) is 130 cm³/mol. The second kappa shape index (κ2) is 12.4. The van der Waals surface area contributed by atoms with Gasteiger partial charge in [0.1, 0.15) is 0 Å². The van der Waals surface area contributed by atoms with Crippen LogP contribution < -0.4 is 10.6 Å². The van der Waals surface area contributed by atoms with Crippen LogP contribution in [0.2, 0.25) is 0 Å². The number of hydrogen-bond acceptors (Lipinski definition) is 4. The molecule has 1 unspecified atom stereocenters. The molecule has 1 saturated heterocycles. The first-order chi connectivity index (χ1) is 15.2. The zero-order valence-corrected chi connectivity index (χ0v) is 19.9. The maximum Gasteiger partial charge on any atom is 0.190 e. The van der Waals surface area contributed by atoms with Crippen LogP contribution in [0.4, 0.5) is 0 Å². The lowest BCUT2D eigenvalue weighted by molar-refractivity contribution is 0.0891. The normalized spacial score (nSPS) is 22.5. The summed E-state index contributed by atoms with van der Waals surface area (Å²) in [4.78, 5) is 9.55. The number of aliphatic imine (C=N–C) groups is 1. The fraction of sp³-hybridized carbons (Fsp3) is 0.720. The van der Waals surface area contributed by atoms with Gasteiger partial charge in [-0.25, -0.2) is 0 Å². The summed E-state index contributed by atoms with van der Waals surface area (Å²) in [5.74, 6) is 0.932. The summed E-state index contributed by atoms with van der Waals surface area (Å²) in [6.07, 6.45) is 7.52. The van der Waals surface area contributed by atoms with Gasteiger partial charge in [-0.15, -0.1) is 0 Å². The standard InChI is InChI=1S/C25H43N5O/c1-26-24(28-21-25(14-19-31-3)12-7-8-13-25)27-15-9-16-30-18-17-29(2)20-23(30)22-10-5-4-6-11-22/h4-6,10-11,23H,7-9,12-21H2,1-3H3,(H2,26,27,28). The van der Waals surface area contributed by atoms with Gasteiger partial charge in [0.05, 0.1) is 0 Å². The quantitative estimate of drug-likeness (QED) is 0.340. The highest BCUT2D eigenvalue weighted by molar-refractivity contribution is 5.79. The van der Waals surface area contributed by atoms with Gasteiger partial charge in [0.2, 0.25) is 0 Å². The second-order valence-electron chi connectivity index (χ2n) is 9.38. The van der Waals surface area contributed by atoms with Crippen LogP contribution in [0.1, 0.15) is 50.1 Å². The molecule has 1 aromatic carbocycles. The fourth-order valence-electron chi connectivity index (χ4n) is 5.16. The minimum absolute atomic E-state index is 0.371. The summed E-state index contributed by atoms with van der Waals surface area (Å²) in [5, 5.41) is 7.14. The molecule has 1 atom stereocenters. The molecule has 0 spiro atoms. The molecule has 2 aliphatic rings. The molecular weight excluding hydrogens is 386 g/mol. The Morgan fingerprint density at radius 3 is 2.65 bits per heavy atom. The van der Waals surface area contributed by atoms with E-state index in [1.165, 1.54) is 31.2 Å². The third kappa shape index (κ3) is 7.19. The third-order valence-corrected chi connectivity index (χ3v) is 7.15. The molecule has 1 aliphatic carbocycles. The van der Waals surface area contributed by atoms with E-state index < -0.39 is 0 Å². The average Bonchev–Trinajstić information content (AvgIpc) is 3.27. The smallest absolute Gasteiger partial charge is 0.190 e. The average molecular weight is 430 g/mol. The summed E-state index contributed by atoms with van der Waals surface area (Å²) in [5.41, 5.74) is 1.80. The molecule has 1 aromatic rings. The van der Waals surface area contributed by atoms with Crippen LogP contribution in [0, 0.1) is 5.41 Å². The van der Waals surface area contributed by atoms with Crippen molar-refractivity contribution in [3.05, 3.63) is 35.9 Å². The maximum atomic E-state index is 5.36. The molecule has 0 aromatic heterocycles. The van der Waals surface area contributed by atoms with E-state index in [2.05, 4.69) is 62.8 Å². The van der Waals surface area contributed by atoms with E-state index in [-0.39, 0.29) is 0 Å². The molecule has 1 aliphatic heterocycles. The van der Waals surface area contributed by atoms with Crippen LogP contribution in [0.15, 0.2) is 35.3 Å². The summed E-state index contributed by atoms with van der Waals surface area (Å²) >= 11 is 0. The van der Waals surface area contributed by atoms with Crippen LogP contribution in [0.5, 0.6) is 0 Å². The van der Waals surface area contributed by atoms with Gasteiger partial charge in [0, 0.05) is 66.1 Å². The molecule has 0 radical (unpaired) electrons. The third-order valence-electron chi connectivity index (χ3n) is 7.15. The summed E-state index contributed by atoms with van der Waals surface area (Å²) in [6, 6.07) is 11.4. The van der Waals surface area contributed by atoms with Crippen molar-refractivity contribution >= 4 is 5.96 Å². The fourth-order valence-corrected chi connectivity index (χ4v) is 5.16. The van der Waals surface area contributed by atoms with Gasteiger partial charge in [0.15, 0.2) is 5.96 Å². The molecule has 0 bridgehead atoms. The van der Waals surface area contributed by atoms with Gasteiger partial charge < -0.3 is 20.3 Å². The minimum atomic E-state index is 0.371. The van der Waals surface area contributed by atoms with Crippen molar-refractivity contribution in [3.63, 3.8) is 0 Å². The number of hydrogen-bond donors (Lipinski definition) is 2. The maximum absolute atomic E-state index is 5.36. The molecule has 31 heavy (non-hydrogen) atoms. The van der Waals surface area contributed by atoms with Gasteiger partial charge in [0.25, 0.3) is 0 Å². The van der Waals surface area contributed by atoms with E-state index in [4.69, 9.17) is 4.74 Å². The Kier molecular flexibility index (Phi) is 9.62. The molecule has 3 rings (SSSR count). The van der Waals surface area contributed by atoms with Gasteiger partial charge in [-0.2, -0.15) is 0 Å². The highest BCUT2D eigenvalue weighted by Gasteiger charge is 2.33. The largest absolute Gasteiger partial charge is 0.385 e. The Hall–Kier alpha value is -1.63. The Balaban J connectivity index is 1.43. The number of nitrogens with one attached hydrogen (secondary N) is 2. The van der Waals surface area contributed by atoms with Crippen molar-refractivity contribution in [1.29, 1.82) is 0 Å². The van der Waals surface area contributed by atoms with E-state index in [1.807, 2.05) is 7.05 Å². The number of methoxy groups -OCH3 is 1. The first-order valence-corrected chi connectivity index (χ1v) is 12.1. The highest BCUT2D eigenvalue weighted by atomic mass is 16.5. The highest BCUT2D eigenvalue weighted by Crippen LogP contribution is 2.40. The van der Waals surface area contributed by atoms with Crippen molar-refractivity contribution in [2.45, 2.75) is 44.6 Å². The Labute approximate surface area is 189 Å². The molecule has 1 heterocycles. The molecule has 174 valence electrons. The van der Waals surface area contributed by atoms with Crippen molar-refractivity contribution in [3.8, 4) is 0 Å². The van der Waals surface area contributed by atoms with Crippen LogP contribution in [0.3, 0.4) is 0 Å². The second-order valence-corrected chi connectivity index (χ2v) is 9.38. The number of piperazine rings is 1. The van der Waals surface area contributed by atoms with Crippen molar-refractivity contribution in [1.82, 2.24) is 20.4 Å². The lowest BCUT2D eigenvalue weighted by Gasteiger charge is -2.40. The lowest BCUT2D eigenvalue weighted by Crippen LogP contribution is -2.48. The Morgan fingerprint density at radius 1 is 1.16 bits per heavy atom. The summed E-state index contributed by atoms with van der Waals surface area (Å²) < 4.78 is 5.36. The SMILES string of the molecule is CN=C(NCCCN1CCN(C)CC1c1ccccc1)NCC1(CCOC)CCCC1. The minimum Gasteiger partial charge on any atom is -0.385 e. The van der Waals surface area contributed by atoms with E-state index in [9.17, 15) is 0 Å². The summed E-state index contributed by atoms with van der Waals surface area (Å²) in [6.45, 7) is 7.26. The number of ether oxygens (including phenoxy) is 1. The molecule has 6 nitrogen and oxygen atoms in total. The summed E-state index contributed by atoms with van der Waals surface area (Å²) in [7, 11) is 5.91. The zero-order valence-electron chi connectivity index (χ0n) is 19.9. The molecule has 2 fully saturated rings. The van der Waals surface area contributed by atoms with Gasteiger partial charge in [-0.05, 0) is 43.7 Å². The Bertz CT molecular complexity index is 659. The number of likely N-dealkylation sites (N-methyl/N-ethyl adjacent to an activating group) is 1. The number of rotatable bonds is 10. The van der Waals surface area contributed by atoms with Crippen molar-refractivity contribution in [2.75, 3.05) is 67.1 Å².